The zero-order valence-corrected chi connectivity index (χ0v) is 24.0. The Bertz CT molecular complexity index is 507. The van der Waals surface area contributed by atoms with Crippen LogP contribution in [0.5, 0.6) is 0 Å². The third-order valence-corrected chi connectivity index (χ3v) is 20.8. The van der Waals surface area contributed by atoms with Crippen molar-refractivity contribution in [3.05, 3.63) is 30.3 Å². The van der Waals surface area contributed by atoms with Crippen LogP contribution in [-0.2, 0) is 8.23 Å². The van der Waals surface area contributed by atoms with Crippen LogP contribution in [0, 0.1) is 0 Å². The molecule has 0 heterocycles. The minimum absolute atomic E-state index is 0. The van der Waals surface area contributed by atoms with Crippen molar-refractivity contribution in [2.45, 2.75) is 98.0 Å². The molecule has 1 rings (SSSR count). The maximum absolute atomic E-state index is 7.03. The SMILES string of the molecule is C.C.C[SiH](C)CC[Si](C)(C)O[Si](C)(O[Si](C)(C)CC[SiH](C)C)c1ccccc1. The first-order valence-corrected chi connectivity index (χ1v) is 25.1. The van der Waals surface area contributed by atoms with E-state index in [1.807, 2.05) is 0 Å². The molecule has 0 fully saturated rings. The van der Waals surface area contributed by atoms with Crippen molar-refractivity contribution in [2.75, 3.05) is 0 Å². The van der Waals surface area contributed by atoms with Gasteiger partial charge >= 0.3 is 8.56 Å². The van der Waals surface area contributed by atoms with Gasteiger partial charge in [0.05, 0.1) is 0 Å². The van der Waals surface area contributed by atoms with Crippen LogP contribution in [0.1, 0.15) is 14.9 Å². The van der Waals surface area contributed by atoms with E-state index < -0.39 is 42.8 Å². The molecule has 0 saturated heterocycles. The van der Waals surface area contributed by atoms with Gasteiger partial charge in [-0.15, -0.1) is 0 Å². The van der Waals surface area contributed by atoms with Gasteiger partial charge in [0.1, 0.15) is 0 Å². The molecule has 0 saturated carbocycles. The van der Waals surface area contributed by atoms with Crippen molar-refractivity contribution in [2.24, 2.45) is 0 Å². The highest BCUT2D eigenvalue weighted by Crippen LogP contribution is 2.27. The lowest BCUT2D eigenvalue weighted by molar-refractivity contribution is 0.398. The summed E-state index contributed by atoms with van der Waals surface area (Å²) in [6, 6.07) is 16.2. The summed E-state index contributed by atoms with van der Waals surface area (Å²) in [4.78, 5) is 0. The summed E-state index contributed by atoms with van der Waals surface area (Å²) < 4.78 is 14.1. The van der Waals surface area contributed by atoms with Crippen LogP contribution in [0.3, 0.4) is 0 Å². The van der Waals surface area contributed by atoms with Gasteiger partial charge in [0.15, 0.2) is 16.6 Å². The van der Waals surface area contributed by atoms with Crippen LogP contribution in [0.25, 0.3) is 0 Å². The Hall–Kier alpha value is 0.224. The molecule has 0 radical (unpaired) electrons. The molecule has 7 heteroatoms. The normalized spacial score (nSPS) is 12.7. The van der Waals surface area contributed by atoms with E-state index in [1.165, 1.54) is 29.4 Å². The average Bonchev–Trinajstić information content (AvgIpc) is 2.51. The standard InChI is InChI=1S/C19H42O2Si5.2CH4/c1-22(2)15-17-24(5,6)20-26(9,19-13-11-10-12-14-19)21-25(7,8)18-16-23(3)4;;/h10-14,22-23H,15-18H2,1-9H3;2*1H4. The summed E-state index contributed by atoms with van der Waals surface area (Å²) in [5.74, 6) is 0. The van der Waals surface area contributed by atoms with E-state index >= 15 is 0 Å². The van der Waals surface area contributed by atoms with Crippen molar-refractivity contribution in [1.82, 2.24) is 0 Å². The average molecular weight is 475 g/mol. The molecule has 0 amide bonds. The summed E-state index contributed by atoms with van der Waals surface area (Å²) in [5.41, 5.74) is 0. The number of rotatable bonds is 11. The Balaban J connectivity index is 0. The molecular formula is C21H50O2Si5. The van der Waals surface area contributed by atoms with E-state index in [0.29, 0.717) is 0 Å². The minimum Gasteiger partial charge on any atom is -0.433 e. The fraction of sp³-hybridized carbons (Fsp3) is 0.714. The van der Waals surface area contributed by atoms with Gasteiger partial charge in [-0.3, -0.25) is 0 Å². The first-order valence-electron chi connectivity index (χ1n) is 10.3. The van der Waals surface area contributed by atoms with Gasteiger partial charge in [-0.1, -0.05) is 83.5 Å². The van der Waals surface area contributed by atoms with Gasteiger partial charge in [-0.25, -0.2) is 0 Å². The van der Waals surface area contributed by atoms with Crippen molar-refractivity contribution in [3.8, 4) is 0 Å². The first-order chi connectivity index (χ1) is 11.9. The van der Waals surface area contributed by atoms with E-state index in [4.69, 9.17) is 8.23 Å². The minimum atomic E-state index is -2.39. The van der Waals surface area contributed by atoms with E-state index in [0.717, 1.165) is 0 Å². The second-order valence-corrected chi connectivity index (χ2v) is 28.8. The monoisotopic (exact) mass is 474 g/mol. The molecule has 0 bridgehead atoms. The van der Waals surface area contributed by atoms with Gasteiger partial charge in [-0.05, 0) is 50.0 Å². The molecule has 0 unspecified atom stereocenters. The topological polar surface area (TPSA) is 18.5 Å². The third kappa shape index (κ3) is 11.4. The first kappa shape index (κ1) is 30.4. The maximum Gasteiger partial charge on any atom is 0.348 e. The number of hydrogen-bond acceptors (Lipinski definition) is 2. The van der Waals surface area contributed by atoms with Crippen LogP contribution >= 0.6 is 0 Å². The lowest BCUT2D eigenvalue weighted by Crippen LogP contribution is -2.61. The van der Waals surface area contributed by atoms with E-state index in [2.05, 4.69) is 89.3 Å². The predicted molar refractivity (Wildman–Crippen MR) is 145 cm³/mol. The van der Waals surface area contributed by atoms with Gasteiger partial charge in [0.25, 0.3) is 0 Å². The lowest BCUT2D eigenvalue weighted by atomic mass is 10.4. The van der Waals surface area contributed by atoms with Crippen molar-refractivity contribution < 1.29 is 8.23 Å². The molecule has 1 aromatic rings. The molecule has 28 heavy (non-hydrogen) atoms. The summed E-state index contributed by atoms with van der Waals surface area (Å²) in [5, 5.41) is 1.31. The lowest BCUT2D eigenvalue weighted by Gasteiger charge is -2.41. The molecule has 0 aromatic heterocycles. The van der Waals surface area contributed by atoms with Crippen LogP contribution in [0.4, 0.5) is 0 Å². The molecule has 0 aliphatic heterocycles. The van der Waals surface area contributed by atoms with Gasteiger partial charge in [0.2, 0.25) is 0 Å². The Labute approximate surface area is 184 Å². The molecule has 0 aliphatic rings. The van der Waals surface area contributed by atoms with Crippen molar-refractivity contribution >= 4 is 48.0 Å². The van der Waals surface area contributed by atoms with Gasteiger partial charge in [0, 0.05) is 17.6 Å². The smallest absolute Gasteiger partial charge is 0.348 e. The van der Waals surface area contributed by atoms with Crippen molar-refractivity contribution in [1.29, 1.82) is 0 Å². The Morgan fingerprint density at radius 3 is 1.36 bits per heavy atom. The predicted octanol–water partition coefficient (Wildman–Crippen LogP) is 6.65. The van der Waals surface area contributed by atoms with Crippen LogP contribution in [0.15, 0.2) is 30.3 Å². The molecule has 0 spiro atoms. The van der Waals surface area contributed by atoms with Gasteiger partial charge < -0.3 is 8.23 Å². The summed E-state index contributed by atoms with van der Waals surface area (Å²) in [6.45, 7) is 21.7. The number of hydrogen-bond donors (Lipinski definition) is 0. The largest absolute Gasteiger partial charge is 0.433 e. The fourth-order valence-electron chi connectivity index (χ4n) is 3.31. The maximum atomic E-state index is 7.03. The third-order valence-electron chi connectivity index (χ3n) is 4.89. The molecule has 166 valence electrons. The fourth-order valence-corrected chi connectivity index (χ4v) is 25.0. The highest BCUT2D eigenvalue weighted by atomic mass is 28.5. The zero-order valence-electron chi connectivity index (χ0n) is 18.7. The van der Waals surface area contributed by atoms with Crippen LogP contribution in [-0.4, -0.2) is 42.8 Å². The highest BCUT2D eigenvalue weighted by Gasteiger charge is 2.44. The Morgan fingerprint density at radius 2 is 1.04 bits per heavy atom. The van der Waals surface area contributed by atoms with Crippen LogP contribution < -0.4 is 5.19 Å². The molecule has 0 aliphatic carbocycles. The summed E-state index contributed by atoms with van der Waals surface area (Å²) in [6.07, 6.45) is 0. The number of benzene rings is 1. The Morgan fingerprint density at radius 1 is 0.679 bits per heavy atom. The van der Waals surface area contributed by atoms with E-state index in [9.17, 15) is 0 Å². The quantitative estimate of drug-likeness (QED) is 0.334. The molecular weight excluding hydrogens is 425 g/mol. The molecule has 0 atom stereocenters. The van der Waals surface area contributed by atoms with E-state index in [-0.39, 0.29) is 14.9 Å². The van der Waals surface area contributed by atoms with Gasteiger partial charge in [-0.2, -0.15) is 0 Å². The van der Waals surface area contributed by atoms with Crippen LogP contribution in [0.2, 0.25) is 83.1 Å². The zero-order chi connectivity index (χ0) is 20.0. The second kappa shape index (κ2) is 12.8. The molecule has 0 N–H and O–H groups in total. The molecule has 1 aromatic carbocycles. The van der Waals surface area contributed by atoms with E-state index in [1.54, 1.807) is 0 Å². The summed E-state index contributed by atoms with van der Waals surface area (Å²) in [7, 11) is -6.91. The van der Waals surface area contributed by atoms with Crippen molar-refractivity contribution in [3.63, 3.8) is 0 Å². The summed E-state index contributed by atoms with van der Waals surface area (Å²) >= 11 is 0. The highest BCUT2D eigenvalue weighted by molar-refractivity contribution is 6.94. The molecule has 2 nitrogen and oxygen atoms in total. The Kier molecular flexibility index (Phi) is 13.9. The second-order valence-electron chi connectivity index (χ2n) is 9.90.